The second-order valence-corrected chi connectivity index (χ2v) is 6.54. The van der Waals surface area contributed by atoms with E-state index in [2.05, 4.69) is 28.9 Å². The van der Waals surface area contributed by atoms with E-state index in [0.29, 0.717) is 11.7 Å². The molecule has 19 heavy (non-hydrogen) atoms. The number of hydrogen-bond donors (Lipinski definition) is 2. The number of hydrogen-bond acceptors (Lipinski definition) is 3. The average molecular weight is 271 g/mol. The van der Waals surface area contributed by atoms with E-state index < -0.39 is 0 Å². The Morgan fingerprint density at radius 2 is 2.26 bits per heavy atom. The summed E-state index contributed by atoms with van der Waals surface area (Å²) in [5.41, 5.74) is 2.63. The van der Waals surface area contributed by atoms with Crippen molar-refractivity contribution < 1.29 is 5.11 Å². The minimum Gasteiger partial charge on any atom is -0.508 e. The van der Waals surface area contributed by atoms with Crippen LogP contribution in [0.1, 0.15) is 28.8 Å². The predicted octanol–water partition coefficient (Wildman–Crippen LogP) is 3.25. The molecule has 2 N–H and O–H groups in total. The van der Waals surface area contributed by atoms with Crippen molar-refractivity contribution >= 4 is 11.3 Å². The molecule has 2 nitrogen and oxygen atoms in total. The van der Waals surface area contributed by atoms with Crippen LogP contribution in [0.25, 0.3) is 0 Å². The lowest BCUT2D eigenvalue weighted by Gasteiger charge is -2.41. The first kappa shape index (κ1) is 11.5. The van der Waals surface area contributed by atoms with Crippen molar-refractivity contribution in [3.05, 3.63) is 51.7 Å². The Morgan fingerprint density at radius 1 is 1.32 bits per heavy atom. The van der Waals surface area contributed by atoms with Gasteiger partial charge in [-0.3, -0.25) is 0 Å². The van der Waals surface area contributed by atoms with Crippen LogP contribution >= 0.6 is 11.3 Å². The largest absolute Gasteiger partial charge is 0.508 e. The molecule has 1 aliphatic heterocycles. The number of aromatic hydroxyl groups is 1. The first-order valence-corrected chi connectivity index (χ1v) is 7.80. The predicted molar refractivity (Wildman–Crippen MR) is 77.6 cm³/mol. The molecule has 98 valence electrons. The highest BCUT2D eigenvalue weighted by molar-refractivity contribution is 7.10. The van der Waals surface area contributed by atoms with Gasteiger partial charge in [0.15, 0.2) is 0 Å². The monoisotopic (exact) mass is 271 g/mol. The van der Waals surface area contributed by atoms with Gasteiger partial charge in [0.25, 0.3) is 0 Å². The fraction of sp³-hybridized carbons (Fsp3) is 0.375. The molecular weight excluding hydrogens is 254 g/mol. The van der Waals surface area contributed by atoms with E-state index in [1.54, 1.807) is 0 Å². The zero-order chi connectivity index (χ0) is 12.9. The molecule has 0 spiro atoms. The standard InChI is InChI=1S/C16H17NOS/c18-13-6-5-11-9-12-3-1-7-17-16(12,14(11)10-13)15-4-2-8-19-15/h2,4-6,8,10,12,17-18H,1,3,7,9H2. The Kier molecular flexibility index (Phi) is 2.47. The van der Waals surface area contributed by atoms with Gasteiger partial charge in [0.1, 0.15) is 5.75 Å². The van der Waals surface area contributed by atoms with E-state index in [1.165, 1.54) is 28.8 Å². The highest BCUT2D eigenvalue weighted by atomic mass is 32.1. The molecule has 3 heteroatoms. The lowest BCUT2D eigenvalue weighted by Crippen LogP contribution is -2.50. The van der Waals surface area contributed by atoms with Crippen LogP contribution in [0.5, 0.6) is 5.75 Å². The fourth-order valence-electron chi connectivity index (χ4n) is 3.86. The van der Waals surface area contributed by atoms with Crippen LogP contribution in [0.4, 0.5) is 0 Å². The van der Waals surface area contributed by atoms with Gasteiger partial charge >= 0.3 is 0 Å². The summed E-state index contributed by atoms with van der Waals surface area (Å²) in [6, 6.07) is 10.2. The van der Waals surface area contributed by atoms with E-state index in [1.807, 2.05) is 23.5 Å². The van der Waals surface area contributed by atoms with Crippen molar-refractivity contribution in [3.63, 3.8) is 0 Å². The van der Waals surface area contributed by atoms with Crippen molar-refractivity contribution in [2.45, 2.75) is 24.8 Å². The molecular formula is C16H17NOS. The minimum atomic E-state index is -0.0551. The molecule has 2 aliphatic rings. The molecule has 0 amide bonds. The van der Waals surface area contributed by atoms with E-state index in [4.69, 9.17) is 0 Å². The summed E-state index contributed by atoms with van der Waals surface area (Å²) >= 11 is 1.82. The van der Waals surface area contributed by atoms with Gasteiger partial charge in [-0.05, 0) is 66.4 Å². The third-order valence-corrected chi connectivity index (χ3v) is 5.65. The summed E-state index contributed by atoms with van der Waals surface area (Å²) in [4.78, 5) is 1.39. The number of thiophene rings is 1. The zero-order valence-electron chi connectivity index (χ0n) is 10.7. The molecule has 0 radical (unpaired) electrons. The SMILES string of the molecule is Oc1ccc2c(c1)C1(c3cccs3)NCCCC1C2. The van der Waals surface area contributed by atoms with Gasteiger partial charge in [0, 0.05) is 4.88 Å². The summed E-state index contributed by atoms with van der Waals surface area (Å²) in [6.07, 6.45) is 3.64. The summed E-state index contributed by atoms with van der Waals surface area (Å²) in [5.74, 6) is 0.999. The van der Waals surface area contributed by atoms with E-state index in [0.717, 1.165) is 13.0 Å². The van der Waals surface area contributed by atoms with Crippen LogP contribution in [-0.4, -0.2) is 11.7 Å². The average Bonchev–Trinajstić information content (AvgIpc) is 3.04. The maximum atomic E-state index is 9.87. The molecule has 2 unspecified atom stereocenters. The molecule has 1 fully saturated rings. The van der Waals surface area contributed by atoms with Crippen LogP contribution < -0.4 is 5.32 Å². The Labute approximate surface area is 117 Å². The number of phenols is 1. The Morgan fingerprint density at radius 3 is 3.11 bits per heavy atom. The molecule has 2 heterocycles. The first-order valence-electron chi connectivity index (χ1n) is 6.92. The third-order valence-electron chi connectivity index (χ3n) is 4.64. The Balaban J connectivity index is 1.96. The Hall–Kier alpha value is -1.32. The van der Waals surface area contributed by atoms with E-state index in [9.17, 15) is 5.11 Å². The second-order valence-electron chi connectivity index (χ2n) is 5.60. The van der Waals surface area contributed by atoms with Gasteiger partial charge in [-0.15, -0.1) is 11.3 Å². The molecule has 1 aromatic heterocycles. The molecule has 2 aromatic rings. The summed E-state index contributed by atoms with van der Waals surface area (Å²) in [5, 5.41) is 15.8. The smallest absolute Gasteiger partial charge is 0.115 e. The number of nitrogens with one attached hydrogen (secondary N) is 1. The van der Waals surface area contributed by atoms with Gasteiger partial charge in [-0.1, -0.05) is 12.1 Å². The molecule has 1 aliphatic carbocycles. The lowest BCUT2D eigenvalue weighted by atomic mass is 9.77. The number of benzene rings is 1. The maximum Gasteiger partial charge on any atom is 0.115 e. The highest BCUT2D eigenvalue weighted by Gasteiger charge is 2.49. The van der Waals surface area contributed by atoms with E-state index in [-0.39, 0.29) is 5.54 Å². The van der Waals surface area contributed by atoms with E-state index >= 15 is 0 Å². The Bertz CT molecular complexity index is 607. The van der Waals surface area contributed by atoms with Crippen LogP contribution in [-0.2, 0) is 12.0 Å². The number of phenolic OH excluding ortho intramolecular Hbond substituents is 1. The third kappa shape index (κ3) is 1.52. The highest BCUT2D eigenvalue weighted by Crippen LogP contribution is 2.51. The normalized spacial score (nSPS) is 28.9. The summed E-state index contributed by atoms with van der Waals surface area (Å²) in [6.45, 7) is 1.06. The summed E-state index contributed by atoms with van der Waals surface area (Å²) in [7, 11) is 0. The quantitative estimate of drug-likeness (QED) is 0.834. The number of fused-ring (bicyclic) bond motifs is 3. The van der Waals surface area contributed by atoms with Gasteiger partial charge in [-0.25, -0.2) is 0 Å². The van der Waals surface area contributed by atoms with Gasteiger partial charge in [0.2, 0.25) is 0 Å². The van der Waals surface area contributed by atoms with Gasteiger partial charge < -0.3 is 10.4 Å². The molecule has 1 aromatic carbocycles. The fourth-order valence-corrected chi connectivity index (χ4v) is 4.86. The number of piperidine rings is 1. The van der Waals surface area contributed by atoms with Gasteiger partial charge in [0.05, 0.1) is 5.54 Å². The summed E-state index contributed by atoms with van der Waals surface area (Å²) < 4.78 is 0. The van der Waals surface area contributed by atoms with Crippen molar-refractivity contribution in [2.24, 2.45) is 5.92 Å². The van der Waals surface area contributed by atoms with Crippen LogP contribution in [0, 0.1) is 5.92 Å². The molecule has 4 rings (SSSR count). The van der Waals surface area contributed by atoms with Crippen LogP contribution in [0.15, 0.2) is 35.7 Å². The van der Waals surface area contributed by atoms with Crippen LogP contribution in [0.2, 0.25) is 0 Å². The zero-order valence-corrected chi connectivity index (χ0v) is 11.5. The second kappa shape index (κ2) is 4.09. The van der Waals surface area contributed by atoms with Crippen molar-refractivity contribution in [1.82, 2.24) is 5.32 Å². The molecule has 0 saturated carbocycles. The maximum absolute atomic E-state index is 9.87. The van der Waals surface area contributed by atoms with Crippen molar-refractivity contribution in [2.75, 3.05) is 6.54 Å². The van der Waals surface area contributed by atoms with Crippen LogP contribution in [0.3, 0.4) is 0 Å². The minimum absolute atomic E-state index is 0.0551. The van der Waals surface area contributed by atoms with Crippen molar-refractivity contribution in [3.8, 4) is 5.75 Å². The van der Waals surface area contributed by atoms with Gasteiger partial charge in [-0.2, -0.15) is 0 Å². The molecule has 1 saturated heterocycles. The molecule has 2 atom stereocenters. The molecule has 0 bridgehead atoms. The topological polar surface area (TPSA) is 32.3 Å². The first-order chi connectivity index (χ1) is 9.30. The number of rotatable bonds is 1. The lowest BCUT2D eigenvalue weighted by molar-refractivity contribution is 0.224. The van der Waals surface area contributed by atoms with Crippen molar-refractivity contribution in [1.29, 1.82) is 0 Å².